The van der Waals surface area contributed by atoms with E-state index in [1.807, 2.05) is 0 Å². The van der Waals surface area contributed by atoms with Crippen molar-refractivity contribution in [1.29, 1.82) is 0 Å². The van der Waals surface area contributed by atoms with Crippen molar-refractivity contribution in [3.63, 3.8) is 0 Å². The molecule has 1 rings (SSSR count). The van der Waals surface area contributed by atoms with Crippen LogP contribution in [0.1, 0.15) is 10.4 Å². The van der Waals surface area contributed by atoms with E-state index in [4.69, 9.17) is 48.2 Å². The summed E-state index contributed by atoms with van der Waals surface area (Å²) in [5.41, 5.74) is 6.25. The third-order valence-electron chi connectivity index (χ3n) is 1.01. The van der Waals surface area contributed by atoms with Gasteiger partial charge in [-0.3, -0.25) is 9.78 Å². The van der Waals surface area contributed by atoms with Gasteiger partial charge in [-0.15, -0.1) is 0 Å². The Balaban J connectivity index is 0. The number of anilines is 1. The number of aldehydes is 1. The van der Waals surface area contributed by atoms with E-state index in [9.17, 15) is 4.79 Å². The van der Waals surface area contributed by atoms with Gasteiger partial charge in [0.05, 0.1) is 11.9 Å². The molecule has 0 aromatic carbocycles. The number of rotatable bonds is 1. The molecule has 1 aromatic rings. The van der Waals surface area contributed by atoms with Gasteiger partial charge < -0.3 is 5.73 Å². The van der Waals surface area contributed by atoms with Crippen molar-refractivity contribution in [2.45, 2.75) is 4.30 Å². The number of halogens is 3. The fourth-order valence-corrected chi connectivity index (χ4v) is 0.525. The van der Waals surface area contributed by atoms with Crippen molar-refractivity contribution in [3.8, 4) is 0 Å². The summed E-state index contributed by atoms with van der Waals surface area (Å²) < 4.78 is 16.1. The standard InChI is InChI=1S/C6H6N2O.CHCl3.Mn.2O/c7-6-3-8-2-1-5(6)4-9;2-1(3)4;;;/h1-4H,7H2;1H;;;. The van der Waals surface area contributed by atoms with E-state index in [0.717, 1.165) is 0 Å². The van der Waals surface area contributed by atoms with Gasteiger partial charge in [0.15, 0.2) is 10.6 Å². The first-order valence-corrected chi connectivity index (χ1v) is 5.73. The number of aromatic nitrogens is 1. The van der Waals surface area contributed by atoms with Crippen LogP contribution in [0.2, 0.25) is 0 Å². The van der Waals surface area contributed by atoms with Crippen LogP contribution in [0, 0.1) is 0 Å². The summed E-state index contributed by atoms with van der Waals surface area (Å²) in [6, 6.07) is 1.57. The van der Waals surface area contributed by atoms with Gasteiger partial charge in [0.2, 0.25) is 0 Å². The average Bonchev–Trinajstić information content (AvgIpc) is 2.19. The van der Waals surface area contributed by atoms with Crippen LogP contribution in [-0.4, -0.2) is 15.6 Å². The topological polar surface area (TPSA) is 90.1 Å². The van der Waals surface area contributed by atoms with Crippen molar-refractivity contribution in [3.05, 3.63) is 24.0 Å². The summed E-state index contributed by atoms with van der Waals surface area (Å²) in [5.74, 6) is 0. The van der Waals surface area contributed by atoms with Crippen molar-refractivity contribution in [2.75, 3.05) is 5.73 Å². The Morgan fingerprint density at radius 1 is 1.38 bits per heavy atom. The number of nitrogen functional groups attached to an aromatic ring is 1. The van der Waals surface area contributed by atoms with Crippen LogP contribution in [0.5, 0.6) is 0 Å². The molecule has 0 aliphatic heterocycles. The third-order valence-corrected chi connectivity index (χ3v) is 1.01. The van der Waals surface area contributed by atoms with Crippen LogP contribution in [0.25, 0.3) is 0 Å². The predicted octanol–water partition coefficient (Wildman–Crippen LogP) is 2.22. The summed E-state index contributed by atoms with van der Waals surface area (Å²) >= 11 is 13.0. The fourth-order valence-electron chi connectivity index (χ4n) is 0.525. The van der Waals surface area contributed by atoms with E-state index >= 15 is 0 Å². The normalized spacial score (nSPS) is 8.00. The molecule has 0 atom stereocenters. The molecule has 0 fully saturated rings. The molecule has 0 saturated heterocycles. The van der Waals surface area contributed by atoms with Gasteiger partial charge >= 0.3 is 22.5 Å². The summed E-state index contributed by atoms with van der Waals surface area (Å²) in [6.07, 6.45) is 3.68. The summed E-state index contributed by atoms with van der Waals surface area (Å²) in [5, 5.41) is 0. The number of nitrogens with two attached hydrogens (primary N) is 1. The molecule has 0 aliphatic rings. The molecule has 0 amide bonds. The van der Waals surface area contributed by atoms with Crippen LogP contribution in [-0.2, 0) is 22.5 Å². The van der Waals surface area contributed by atoms with Crippen molar-refractivity contribution in [2.24, 2.45) is 0 Å². The summed E-state index contributed by atoms with van der Waals surface area (Å²) in [6.45, 7) is 0. The molecule has 0 radical (unpaired) electrons. The number of hydrogen-bond donors (Lipinski definition) is 1. The first kappa shape index (κ1) is 18.0. The van der Waals surface area contributed by atoms with Gasteiger partial charge in [-0.25, -0.2) is 0 Å². The third kappa shape index (κ3) is 13.6. The zero-order chi connectivity index (χ0) is 13.0. The van der Waals surface area contributed by atoms with Gasteiger partial charge in [-0.1, -0.05) is 34.8 Å². The van der Waals surface area contributed by atoms with E-state index in [-0.39, 0.29) is 0 Å². The fraction of sp³-hybridized carbons (Fsp3) is 0.143. The molecule has 0 bridgehead atoms. The van der Waals surface area contributed by atoms with E-state index in [2.05, 4.69) is 4.98 Å². The Labute approximate surface area is 113 Å². The summed E-state index contributed by atoms with van der Waals surface area (Å²) in [7, 11) is 0. The van der Waals surface area contributed by atoms with Crippen molar-refractivity contribution in [1.82, 2.24) is 4.98 Å². The molecule has 9 heteroatoms. The van der Waals surface area contributed by atoms with Crippen LogP contribution in [0.3, 0.4) is 0 Å². The van der Waals surface area contributed by atoms with Crippen LogP contribution >= 0.6 is 34.8 Å². The maximum absolute atomic E-state index is 10.1. The monoisotopic (exact) mass is 327 g/mol. The van der Waals surface area contributed by atoms with Gasteiger partial charge in [0.1, 0.15) is 0 Å². The molecule has 5 nitrogen and oxygen atoms in total. The summed E-state index contributed by atoms with van der Waals surface area (Å²) in [4.78, 5) is 13.8. The zero-order valence-electron chi connectivity index (χ0n) is 7.65. The second kappa shape index (κ2) is 12.7. The van der Waals surface area contributed by atoms with E-state index in [1.54, 1.807) is 6.07 Å². The molecule has 1 heterocycles. The predicted molar refractivity (Wildman–Crippen MR) is 56.8 cm³/mol. The minimum atomic E-state index is -1.44. The molecule has 1 aromatic heterocycles. The Kier molecular flexibility index (Phi) is 14.3. The van der Waals surface area contributed by atoms with Gasteiger partial charge in [0, 0.05) is 11.8 Å². The van der Waals surface area contributed by atoms with Crippen LogP contribution in [0.4, 0.5) is 5.69 Å². The van der Waals surface area contributed by atoms with Gasteiger partial charge in [-0.05, 0) is 6.07 Å². The van der Waals surface area contributed by atoms with Gasteiger partial charge in [-0.2, -0.15) is 0 Å². The molecule has 2 N–H and O–H groups in total. The molecular formula is C7H7Cl3MnN2O3. The van der Waals surface area contributed by atoms with E-state index in [1.165, 1.54) is 12.4 Å². The second-order valence-corrected chi connectivity index (χ2v) is 4.11. The van der Waals surface area contributed by atoms with Crippen molar-refractivity contribution < 1.29 is 27.3 Å². The number of alkyl halides is 3. The number of nitrogens with zero attached hydrogens (tertiary/aromatic N) is 1. The Bertz CT molecular complexity index is 343. The average molecular weight is 328 g/mol. The quantitative estimate of drug-likeness (QED) is 0.485. The Morgan fingerprint density at radius 3 is 2.06 bits per heavy atom. The van der Waals surface area contributed by atoms with E-state index in [0.29, 0.717) is 17.5 Å². The van der Waals surface area contributed by atoms with E-state index < -0.39 is 19.1 Å². The molecule has 0 unspecified atom stereocenters. The van der Waals surface area contributed by atoms with Crippen LogP contribution < -0.4 is 5.73 Å². The Hall–Kier alpha value is -0.391. The van der Waals surface area contributed by atoms with Crippen molar-refractivity contribution >= 4 is 46.8 Å². The first-order valence-electron chi connectivity index (χ1n) is 3.45. The number of hydrogen-bond acceptors (Lipinski definition) is 5. The Morgan fingerprint density at radius 2 is 1.81 bits per heavy atom. The molecule has 0 saturated carbocycles. The number of carbonyl (C=O) groups is 1. The molecule has 0 aliphatic carbocycles. The van der Waals surface area contributed by atoms with Gasteiger partial charge in [0.25, 0.3) is 0 Å². The minimum absolute atomic E-state index is 0.424. The number of carbonyl (C=O) groups excluding carboxylic acids is 1. The maximum atomic E-state index is 10.1. The first-order chi connectivity index (χ1) is 7.49. The molecular weight excluding hydrogens is 321 g/mol. The SMILES string of the molecule is ClC(Cl)Cl.Nc1cnccc1C=O.[O]=[Mn]=[O]. The molecule has 0 spiro atoms. The second-order valence-electron chi connectivity index (χ2n) is 1.93. The zero-order valence-corrected chi connectivity index (χ0v) is 11.1. The molecule has 16 heavy (non-hydrogen) atoms. The van der Waals surface area contributed by atoms with Crippen LogP contribution in [0.15, 0.2) is 18.5 Å². The molecule has 91 valence electrons. The number of pyridine rings is 1.